The molecule has 0 aromatic heterocycles. The van der Waals surface area contributed by atoms with Crippen molar-refractivity contribution in [3.63, 3.8) is 0 Å². The van der Waals surface area contributed by atoms with E-state index >= 15 is 0 Å². The number of hydrogen-bond acceptors (Lipinski definition) is 11. The Bertz CT molecular complexity index is 391. The van der Waals surface area contributed by atoms with E-state index in [4.69, 9.17) is 19.3 Å². The van der Waals surface area contributed by atoms with E-state index in [0.717, 1.165) is 0 Å². The first kappa shape index (κ1) is 25.5. The van der Waals surface area contributed by atoms with Crippen molar-refractivity contribution in [3.8, 4) is 0 Å². The van der Waals surface area contributed by atoms with Gasteiger partial charge in [-0.3, -0.25) is 0 Å². The van der Waals surface area contributed by atoms with Crippen molar-refractivity contribution in [1.29, 1.82) is 0 Å². The van der Waals surface area contributed by atoms with Gasteiger partial charge in [0, 0.05) is 0 Å². The van der Waals surface area contributed by atoms with Crippen LogP contribution in [0.4, 0.5) is 0 Å². The number of hydrogen-bond donors (Lipinski definition) is 8. The Kier molecular flexibility index (Phi) is 11.0. The molecule has 0 aromatic carbocycles. The molecule has 2 aliphatic heterocycles. The van der Waals surface area contributed by atoms with E-state index < -0.39 is 74.6 Å². The van der Waals surface area contributed by atoms with E-state index in [2.05, 4.69) is 0 Å². The van der Waals surface area contributed by atoms with Crippen LogP contribution in [0.2, 0.25) is 0 Å². The van der Waals surface area contributed by atoms with Crippen LogP contribution in [-0.4, -0.2) is 121 Å². The van der Waals surface area contributed by atoms with Crippen LogP contribution < -0.4 is 29.6 Å². The first-order chi connectivity index (χ1) is 10.8. The third kappa shape index (κ3) is 5.28. The maximum atomic E-state index is 9.94. The van der Waals surface area contributed by atoms with Crippen LogP contribution in [-0.2, 0) is 14.2 Å². The topological polar surface area (TPSA) is 221 Å². The summed E-state index contributed by atoms with van der Waals surface area (Å²) in [6, 6.07) is 0. The molecule has 10 N–H and O–H groups in total. The van der Waals surface area contributed by atoms with Crippen LogP contribution in [0.15, 0.2) is 0 Å². The summed E-state index contributed by atoms with van der Waals surface area (Å²) in [4.78, 5) is 0. The molecule has 146 valence electrons. The van der Waals surface area contributed by atoms with Crippen molar-refractivity contribution in [3.05, 3.63) is 0 Å². The van der Waals surface area contributed by atoms with Crippen LogP contribution in [0, 0.1) is 0 Å². The molecule has 2 aliphatic rings. The van der Waals surface area contributed by atoms with Gasteiger partial charge in [-0.15, -0.1) is 0 Å². The van der Waals surface area contributed by atoms with Crippen molar-refractivity contribution in [1.82, 2.24) is 0 Å². The SMILES string of the molecule is O.OC[C@H]1O[C@@H](O[C@H]2[C@H](O)[C@@H](O)[C@H](O)O[C@@H]2CO)[C@H](O)[C@@H](O)[C@H]1O.[H-].[Na+]. The average Bonchev–Trinajstić information content (AvgIpc) is 2.55. The van der Waals surface area contributed by atoms with Crippen LogP contribution >= 0.6 is 0 Å². The molecule has 13 heteroatoms. The first-order valence-electron chi connectivity index (χ1n) is 7.08. The maximum absolute atomic E-state index is 9.94. The zero-order chi connectivity index (χ0) is 17.3. The van der Waals surface area contributed by atoms with Gasteiger partial charge in [0.15, 0.2) is 12.6 Å². The Morgan fingerprint density at radius 1 is 0.720 bits per heavy atom. The zero-order valence-corrected chi connectivity index (χ0v) is 15.5. The Balaban J connectivity index is 0. The number of aliphatic hydroxyl groups is 8. The molecular formula is C12H25NaO12. The largest absolute Gasteiger partial charge is 1.00 e. The summed E-state index contributed by atoms with van der Waals surface area (Å²) in [5.41, 5.74) is 0. The molecule has 2 heterocycles. The molecule has 2 saturated heterocycles. The van der Waals surface area contributed by atoms with Crippen molar-refractivity contribution in [2.24, 2.45) is 0 Å². The van der Waals surface area contributed by atoms with Crippen LogP contribution in [0.3, 0.4) is 0 Å². The van der Waals surface area contributed by atoms with Crippen LogP contribution in [0.5, 0.6) is 0 Å². The molecule has 0 aromatic rings. The molecule has 0 spiro atoms. The Morgan fingerprint density at radius 2 is 1.28 bits per heavy atom. The van der Waals surface area contributed by atoms with Gasteiger partial charge in [0.05, 0.1) is 13.2 Å². The standard InChI is InChI=1S/C12H22O11.Na.H2O.H/c13-1-3-5(15)6(16)9(19)12(22-3)23-10-4(2-14)21-11(20)8(18)7(10)17;;;/h3-20H,1-2H2;;1H2;/q;+1;;-1/t3-,4-,5+,6+,7-,8-,9-,10-,11-,12+;;;/m1.../s1. The summed E-state index contributed by atoms with van der Waals surface area (Å²) in [5, 5.41) is 76.5. The minimum Gasteiger partial charge on any atom is -1.00 e. The molecule has 0 radical (unpaired) electrons. The summed E-state index contributed by atoms with van der Waals surface area (Å²) in [6.07, 6.45) is -15.6. The molecule has 0 bridgehead atoms. The summed E-state index contributed by atoms with van der Waals surface area (Å²) in [7, 11) is 0. The normalized spacial score (nSPS) is 47.5. The van der Waals surface area contributed by atoms with Crippen LogP contribution in [0.1, 0.15) is 1.43 Å². The molecule has 2 rings (SSSR count). The van der Waals surface area contributed by atoms with E-state index in [1.807, 2.05) is 0 Å². The van der Waals surface area contributed by atoms with E-state index in [9.17, 15) is 35.7 Å². The van der Waals surface area contributed by atoms with E-state index in [0.29, 0.717) is 0 Å². The van der Waals surface area contributed by atoms with Crippen LogP contribution in [0.25, 0.3) is 0 Å². The van der Waals surface area contributed by atoms with Gasteiger partial charge in [0.1, 0.15) is 48.8 Å². The fourth-order valence-electron chi connectivity index (χ4n) is 2.57. The predicted octanol–water partition coefficient (Wildman–Crippen LogP) is -9.11. The Labute approximate surface area is 166 Å². The van der Waals surface area contributed by atoms with Crippen molar-refractivity contribution in [2.45, 2.75) is 61.4 Å². The molecule has 12 nitrogen and oxygen atoms in total. The van der Waals surface area contributed by atoms with Gasteiger partial charge in [-0.1, -0.05) is 0 Å². The van der Waals surface area contributed by atoms with Gasteiger partial charge in [0.25, 0.3) is 0 Å². The second kappa shape index (κ2) is 10.8. The zero-order valence-electron chi connectivity index (χ0n) is 14.5. The number of aliphatic hydroxyl groups excluding tert-OH is 8. The van der Waals surface area contributed by atoms with Crippen molar-refractivity contribution >= 4 is 0 Å². The molecule has 10 atom stereocenters. The molecule has 0 amide bonds. The second-order valence-corrected chi connectivity index (χ2v) is 5.53. The van der Waals surface area contributed by atoms with Gasteiger partial charge in [0.2, 0.25) is 0 Å². The molecule has 0 unspecified atom stereocenters. The minimum atomic E-state index is -1.74. The fraction of sp³-hybridized carbons (Fsp3) is 1.00. The average molecular weight is 384 g/mol. The molecule has 0 aliphatic carbocycles. The summed E-state index contributed by atoms with van der Waals surface area (Å²) < 4.78 is 15.3. The second-order valence-electron chi connectivity index (χ2n) is 5.53. The quantitative estimate of drug-likeness (QED) is 0.213. The molecular weight excluding hydrogens is 359 g/mol. The first-order valence-corrected chi connectivity index (χ1v) is 7.08. The predicted molar refractivity (Wildman–Crippen MR) is 73.3 cm³/mol. The smallest absolute Gasteiger partial charge is 1.00 e. The third-order valence-electron chi connectivity index (χ3n) is 3.98. The fourth-order valence-corrected chi connectivity index (χ4v) is 2.57. The number of rotatable bonds is 4. The van der Waals surface area contributed by atoms with Crippen molar-refractivity contribution in [2.75, 3.05) is 13.2 Å². The van der Waals surface area contributed by atoms with Gasteiger partial charge >= 0.3 is 29.6 Å². The van der Waals surface area contributed by atoms with Gasteiger partial charge < -0.3 is 62.0 Å². The van der Waals surface area contributed by atoms with Crippen molar-refractivity contribution < 1.29 is 91.5 Å². The molecule has 25 heavy (non-hydrogen) atoms. The van der Waals surface area contributed by atoms with Gasteiger partial charge in [-0.25, -0.2) is 0 Å². The summed E-state index contributed by atoms with van der Waals surface area (Å²) in [6.45, 7) is -1.35. The third-order valence-corrected chi connectivity index (χ3v) is 3.98. The van der Waals surface area contributed by atoms with Gasteiger partial charge in [-0.2, -0.15) is 0 Å². The van der Waals surface area contributed by atoms with E-state index in [-0.39, 0.29) is 36.5 Å². The Hall–Kier alpha value is 0.520. The summed E-state index contributed by atoms with van der Waals surface area (Å²) in [5.74, 6) is 0. The monoisotopic (exact) mass is 384 g/mol. The molecule has 0 saturated carbocycles. The van der Waals surface area contributed by atoms with Gasteiger partial charge in [-0.05, 0) is 0 Å². The molecule has 2 fully saturated rings. The minimum absolute atomic E-state index is 0. The number of ether oxygens (including phenoxy) is 3. The Morgan fingerprint density at radius 3 is 1.80 bits per heavy atom. The van der Waals surface area contributed by atoms with E-state index in [1.165, 1.54) is 0 Å². The maximum Gasteiger partial charge on any atom is 1.00 e. The van der Waals surface area contributed by atoms with E-state index in [1.54, 1.807) is 0 Å². The summed E-state index contributed by atoms with van der Waals surface area (Å²) >= 11 is 0.